The van der Waals surface area contributed by atoms with Crippen LogP contribution in [0.25, 0.3) is 0 Å². The maximum atomic E-state index is 13.1. The number of amides is 1. The Kier molecular flexibility index (Phi) is 6.70. The van der Waals surface area contributed by atoms with Gasteiger partial charge in [-0.2, -0.15) is 0 Å². The van der Waals surface area contributed by atoms with E-state index in [1.807, 2.05) is 48.2 Å². The summed E-state index contributed by atoms with van der Waals surface area (Å²) in [5.41, 5.74) is 4.76. The lowest BCUT2D eigenvalue weighted by atomic mass is 9.99. The summed E-state index contributed by atoms with van der Waals surface area (Å²) in [6.07, 6.45) is 2.78. The summed E-state index contributed by atoms with van der Waals surface area (Å²) in [6.45, 7) is 5.90. The average molecular weight is 457 g/mol. The summed E-state index contributed by atoms with van der Waals surface area (Å²) in [7, 11) is 0. The lowest BCUT2D eigenvalue weighted by molar-refractivity contribution is 0.0589. The van der Waals surface area contributed by atoms with Gasteiger partial charge in [0.15, 0.2) is 11.5 Å². The molecule has 2 aliphatic heterocycles. The van der Waals surface area contributed by atoms with Gasteiger partial charge in [-0.15, -0.1) is 0 Å². The summed E-state index contributed by atoms with van der Waals surface area (Å²) in [6, 6.07) is 24.6. The van der Waals surface area contributed by atoms with E-state index in [9.17, 15) is 4.79 Å². The van der Waals surface area contributed by atoms with Crippen molar-refractivity contribution in [1.29, 1.82) is 0 Å². The van der Waals surface area contributed by atoms with Gasteiger partial charge >= 0.3 is 0 Å². The Balaban J connectivity index is 1.16. The van der Waals surface area contributed by atoms with E-state index in [-0.39, 0.29) is 12.0 Å². The largest absolute Gasteiger partial charge is 0.490 e. The second kappa shape index (κ2) is 10.2. The van der Waals surface area contributed by atoms with Gasteiger partial charge in [0.25, 0.3) is 5.91 Å². The molecule has 5 heteroatoms. The van der Waals surface area contributed by atoms with E-state index in [1.54, 1.807) is 0 Å². The highest BCUT2D eigenvalue weighted by Crippen LogP contribution is 2.30. The lowest BCUT2D eigenvalue weighted by Crippen LogP contribution is -2.41. The van der Waals surface area contributed by atoms with Gasteiger partial charge in [0.2, 0.25) is 0 Å². The number of hydrogen-bond donors (Lipinski definition) is 0. The first kappa shape index (κ1) is 22.3. The number of hydrogen-bond acceptors (Lipinski definition) is 4. The zero-order chi connectivity index (χ0) is 23.3. The Morgan fingerprint density at radius 1 is 0.853 bits per heavy atom. The molecule has 1 fully saturated rings. The second-order valence-corrected chi connectivity index (χ2v) is 8.98. The molecule has 5 rings (SSSR count). The van der Waals surface area contributed by atoms with Crippen molar-refractivity contribution in [3.05, 3.63) is 89.5 Å². The van der Waals surface area contributed by atoms with Gasteiger partial charge in [-0.05, 0) is 60.9 Å². The lowest BCUT2D eigenvalue weighted by Gasteiger charge is -2.33. The number of carbonyl (C=O) groups excluding carboxylic acids is 1. The molecule has 0 aromatic heterocycles. The summed E-state index contributed by atoms with van der Waals surface area (Å²) < 4.78 is 11.9. The Labute approximate surface area is 201 Å². The molecular weight excluding hydrogens is 424 g/mol. The molecule has 0 spiro atoms. The molecule has 0 unspecified atom stereocenters. The zero-order valence-corrected chi connectivity index (χ0v) is 19.8. The molecular formula is C29H32N2O3. The number of rotatable bonds is 6. The van der Waals surface area contributed by atoms with Crippen LogP contribution in [0.2, 0.25) is 0 Å². The highest BCUT2D eigenvalue weighted by molar-refractivity contribution is 5.94. The number of likely N-dealkylation sites (tertiary alicyclic amines) is 1. The monoisotopic (exact) mass is 456 g/mol. The highest BCUT2D eigenvalue weighted by atomic mass is 16.5. The van der Waals surface area contributed by atoms with Crippen molar-refractivity contribution in [3.63, 3.8) is 0 Å². The minimum absolute atomic E-state index is 0.0926. The molecule has 5 nitrogen and oxygen atoms in total. The zero-order valence-electron chi connectivity index (χ0n) is 19.8. The Hall–Kier alpha value is -3.47. The van der Waals surface area contributed by atoms with Crippen LogP contribution in [0.5, 0.6) is 11.5 Å². The Bertz CT molecular complexity index is 1120. The fourth-order valence-electron chi connectivity index (χ4n) is 4.89. The van der Waals surface area contributed by atoms with E-state index in [2.05, 4.69) is 41.3 Å². The van der Waals surface area contributed by atoms with Crippen molar-refractivity contribution < 1.29 is 14.3 Å². The van der Waals surface area contributed by atoms with Gasteiger partial charge in [0.05, 0.1) is 6.61 Å². The van der Waals surface area contributed by atoms with Crippen LogP contribution in [-0.4, -0.2) is 43.2 Å². The number of anilines is 1. The van der Waals surface area contributed by atoms with Gasteiger partial charge < -0.3 is 19.3 Å². The average Bonchev–Trinajstić information content (AvgIpc) is 2.90. The van der Waals surface area contributed by atoms with Crippen molar-refractivity contribution in [2.45, 2.75) is 38.8 Å². The van der Waals surface area contributed by atoms with Crippen molar-refractivity contribution in [2.24, 2.45) is 0 Å². The molecule has 34 heavy (non-hydrogen) atoms. The highest BCUT2D eigenvalue weighted by Gasteiger charge is 2.25. The third-order valence-corrected chi connectivity index (χ3v) is 6.78. The smallest absolute Gasteiger partial charge is 0.253 e. The number of piperidine rings is 1. The number of nitrogens with zero attached hydrogens (tertiary/aromatic N) is 2. The number of para-hydroxylation sites is 2. The predicted molar refractivity (Wildman–Crippen MR) is 135 cm³/mol. The van der Waals surface area contributed by atoms with Gasteiger partial charge in [0.1, 0.15) is 6.10 Å². The van der Waals surface area contributed by atoms with Crippen LogP contribution in [0.3, 0.4) is 0 Å². The Morgan fingerprint density at radius 3 is 2.26 bits per heavy atom. The maximum absolute atomic E-state index is 13.1. The third kappa shape index (κ3) is 4.89. The number of carbonyl (C=O) groups is 1. The molecule has 3 aromatic rings. The van der Waals surface area contributed by atoms with Gasteiger partial charge in [-0.25, -0.2) is 0 Å². The van der Waals surface area contributed by atoms with Gasteiger partial charge in [-0.3, -0.25) is 4.79 Å². The molecule has 2 aliphatic rings. The quantitative estimate of drug-likeness (QED) is 0.503. The first-order chi connectivity index (χ1) is 16.7. The van der Waals surface area contributed by atoms with E-state index < -0.39 is 0 Å². The summed E-state index contributed by atoms with van der Waals surface area (Å²) >= 11 is 0. The Morgan fingerprint density at radius 2 is 1.53 bits per heavy atom. The molecule has 3 aromatic carbocycles. The number of ether oxygens (including phenoxy) is 2. The molecule has 2 heterocycles. The van der Waals surface area contributed by atoms with E-state index in [1.165, 1.54) is 16.8 Å². The van der Waals surface area contributed by atoms with Crippen LogP contribution in [0.15, 0.2) is 72.8 Å². The summed E-state index contributed by atoms with van der Waals surface area (Å²) in [5.74, 6) is 1.66. The fraction of sp³-hybridized carbons (Fsp3) is 0.345. The van der Waals surface area contributed by atoms with E-state index >= 15 is 0 Å². The molecule has 176 valence electrons. The van der Waals surface area contributed by atoms with Crippen LogP contribution in [-0.2, 0) is 13.0 Å². The van der Waals surface area contributed by atoms with Crippen molar-refractivity contribution in [2.75, 3.05) is 31.1 Å². The standard InChI is InChI=1S/C29H32N2O3/c1-2-33-27-9-5-6-10-28(27)34-26-16-19-30(20-17-26)29(32)23-11-13-25(14-12-23)31-18-15-22-7-3-4-8-24(22)21-31/h3-14,26H,2,15-21H2,1H3. The van der Waals surface area contributed by atoms with Crippen LogP contribution in [0.4, 0.5) is 5.69 Å². The first-order valence-corrected chi connectivity index (χ1v) is 12.3. The van der Waals surface area contributed by atoms with Crippen LogP contribution >= 0.6 is 0 Å². The van der Waals surface area contributed by atoms with E-state index in [0.717, 1.165) is 49.4 Å². The molecule has 1 saturated heterocycles. The fourth-order valence-corrected chi connectivity index (χ4v) is 4.89. The molecule has 0 aliphatic carbocycles. The molecule has 0 radical (unpaired) electrons. The van der Waals surface area contributed by atoms with Gasteiger partial charge in [0, 0.05) is 50.3 Å². The van der Waals surface area contributed by atoms with E-state index in [0.29, 0.717) is 19.7 Å². The molecule has 0 atom stereocenters. The van der Waals surface area contributed by atoms with Crippen LogP contribution in [0.1, 0.15) is 41.3 Å². The molecule has 0 N–H and O–H groups in total. The van der Waals surface area contributed by atoms with Crippen molar-refractivity contribution in [3.8, 4) is 11.5 Å². The SMILES string of the molecule is CCOc1ccccc1OC1CCN(C(=O)c2ccc(N3CCc4ccccc4C3)cc2)CC1. The molecule has 0 saturated carbocycles. The predicted octanol–water partition coefficient (Wildman–Crippen LogP) is 5.33. The van der Waals surface area contributed by atoms with Crippen LogP contribution in [0, 0.1) is 0 Å². The second-order valence-electron chi connectivity index (χ2n) is 8.98. The van der Waals surface area contributed by atoms with Gasteiger partial charge in [-0.1, -0.05) is 36.4 Å². The topological polar surface area (TPSA) is 42.0 Å². The van der Waals surface area contributed by atoms with Crippen LogP contribution < -0.4 is 14.4 Å². The minimum atomic E-state index is 0.0926. The van der Waals surface area contributed by atoms with E-state index in [4.69, 9.17) is 9.47 Å². The van der Waals surface area contributed by atoms with Crippen molar-refractivity contribution in [1.82, 2.24) is 4.90 Å². The number of fused-ring (bicyclic) bond motifs is 1. The third-order valence-electron chi connectivity index (χ3n) is 6.78. The maximum Gasteiger partial charge on any atom is 0.253 e. The van der Waals surface area contributed by atoms with Crippen molar-refractivity contribution >= 4 is 11.6 Å². The molecule has 1 amide bonds. The normalized spacial score (nSPS) is 16.1. The number of benzene rings is 3. The first-order valence-electron chi connectivity index (χ1n) is 12.3. The summed E-state index contributed by atoms with van der Waals surface area (Å²) in [5, 5.41) is 0. The summed E-state index contributed by atoms with van der Waals surface area (Å²) in [4.78, 5) is 17.4. The molecule has 0 bridgehead atoms. The minimum Gasteiger partial charge on any atom is -0.490 e.